The third kappa shape index (κ3) is 4.45. The molecule has 0 amide bonds. The van der Waals surface area contributed by atoms with Crippen LogP contribution in [0.4, 0.5) is 5.69 Å². The van der Waals surface area contributed by atoms with E-state index in [0.717, 1.165) is 4.31 Å². The van der Waals surface area contributed by atoms with Crippen molar-refractivity contribution >= 4 is 27.6 Å². The summed E-state index contributed by atoms with van der Waals surface area (Å²) in [7, 11) is -2.56. The summed E-state index contributed by atoms with van der Waals surface area (Å²) >= 11 is 0. The fourth-order valence-corrected chi connectivity index (χ4v) is 2.82. The first kappa shape index (κ1) is 17.0. The average molecular weight is 315 g/mol. The number of carboxylic acid groups (broad SMARTS) is 1. The molecule has 1 N–H and O–H groups in total. The lowest BCUT2D eigenvalue weighted by molar-refractivity contribution is -0.142. The molecule has 0 atom stereocenters. The number of rotatable bonds is 7. The number of para-hydroxylation sites is 1. The number of sulfonamides is 1. The Hall–Kier alpha value is -2.09. The second kappa shape index (κ2) is 7.07. The van der Waals surface area contributed by atoms with Crippen LogP contribution < -0.4 is 4.31 Å². The van der Waals surface area contributed by atoms with Gasteiger partial charge in [-0.3, -0.25) is 9.10 Å². The van der Waals surface area contributed by atoms with Crippen LogP contribution in [0.15, 0.2) is 24.3 Å². The lowest BCUT2D eigenvalue weighted by Crippen LogP contribution is -2.31. The number of carboxylic acids is 1. The number of carbonyl (C=O) groups is 2. The molecule has 7 nitrogen and oxygen atoms in total. The lowest BCUT2D eigenvalue weighted by atomic mass is 10.2. The zero-order valence-corrected chi connectivity index (χ0v) is 12.6. The van der Waals surface area contributed by atoms with Crippen molar-refractivity contribution < 1.29 is 27.9 Å². The molecule has 0 spiro atoms. The molecule has 21 heavy (non-hydrogen) atoms. The fraction of sp³-hybridized carbons (Fsp3) is 0.385. The van der Waals surface area contributed by atoms with Crippen LogP contribution in [-0.2, 0) is 19.6 Å². The van der Waals surface area contributed by atoms with Crippen molar-refractivity contribution in [3.05, 3.63) is 29.8 Å². The molecule has 0 bridgehead atoms. The van der Waals surface area contributed by atoms with Crippen molar-refractivity contribution in [2.75, 3.05) is 23.7 Å². The highest BCUT2D eigenvalue weighted by Gasteiger charge is 2.23. The monoisotopic (exact) mass is 315 g/mol. The highest BCUT2D eigenvalue weighted by molar-refractivity contribution is 7.92. The van der Waals surface area contributed by atoms with Crippen LogP contribution in [0.2, 0.25) is 0 Å². The molecular formula is C13H17NO6S. The summed E-state index contributed by atoms with van der Waals surface area (Å²) in [5.74, 6) is -2.28. The van der Waals surface area contributed by atoms with Crippen LogP contribution in [-0.4, -0.2) is 44.9 Å². The fourth-order valence-electron chi connectivity index (χ4n) is 1.66. The van der Waals surface area contributed by atoms with Gasteiger partial charge in [-0.15, -0.1) is 0 Å². The molecular weight excluding hydrogens is 298 g/mol. The van der Waals surface area contributed by atoms with Gasteiger partial charge in [0.1, 0.15) is 0 Å². The van der Waals surface area contributed by atoms with Gasteiger partial charge < -0.3 is 9.84 Å². The third-order valence-corrected chi connectivity index (χ3v) is 4.51. The number of benzene rings is 1. The first-order chi connectivity index (χ1) is 9.79. The maximum absolute atomic E-state index is 12.1. The van der Waals surface area contributed by atoms with Gasteiger partial charge in [0.25, 0.3) is 0 Å². The molecule has 0 aliphatic carbocycles. The number of ether oxygens (including phenoxy) is 1. The second-order valence-electron chi connectivity index (χ2n) is 4.16. The number of carbonyl (C=O) groups excluding carboxylic acids is 1. The zero-order valence-electron chi connectivity index (χ0n) is 11.8. The Balaban J connectivity index is 2.94. The van der Waals surface area contributed by atoms with Crippen LogP contribution >= 0.6 is 0 Å². The molecule has 0 fully saturated rings. The molecule has 1 aromatic carbocycles. The van der Waals surface area contributed by atoms with Crippen LogP contribution in [0.5, 0.6) is 0 Å². The molecule has 0 aromatic heterocycles. The van der Waals surface area contributed by atoms with Crippen LogP contribution in [0, 0.1) is 0 Å². The Bertz CT molecular complexity index is 625. The van der Waals surface area contributed by atoms with E-state index in [4.69, 9.17) is 5.11 Å². The van der Waals surface area contributed by atoms with E-state index in [-0.39, 0.29) is 24.3 Å². The number of anilines is 1. The van der Waals surface area contributed by atoms with Crippen molar-refractivity contribution in [2.45, 2.75) is 13.3 Å². The summed E-state index contributed by atoms with van der Waals surface area (Å²) in [5.41, 5.74) is -0.0754. The minimum absolute atomic E-state index is 0.0499. The Morgan fingerprint density at radius 2 is 1.90 bits per heavy atom. The predicted molar refractivity (Wildman–Crippen MR) is 76.8 cm³/mol. The molecule has 1 rings (SSSR count). The van der Waals surface area contributed by atoms with Gasteiger partial charge >= 0.3 is 11.9 Å². The summed E-state index contributed by atoms with van der Waals surface area (Å²) in [5, 5.41) is 9.07. The van der Waals surface area contributed by atoms with E-state index in [2.05, 4.69) is 4.74 Å². The highest BCUT2D eigenvalue weighted by atomic mass is 32.2. The summed E-state index contributed by atoms with van der Waals surface area (Å²) in [6.45, 7) is 1.80. The Kier molecular flexibility index (Phi) is 5.71. The van der Waals surface area contributed by atoms with Crippen molar-refractivity contribution in [3.8, 4) is 0 Å². The van der Waals surface area contributed by atoms with E-state index < -0.39 is 27.7 Å². The Labute approximate surface area is 123 Å². The quantitative estimate of drug-likeness (QED) is 0.756. The van der Waals surface area contributed by atoms with Crippen molar-refractivity contribution in [3.63, 3.8) is 0 Å². The molecule has 0 heterocycles. The first-order valence-corrected chi connectivity index (χ1v) is 7.85. The highest BCUT2D eigenvalue weighted by Crippen LogP contribution is 2.22. The lowest BCUT2D eigenvalue weighted by Gasteiger charge is -2.20. The first-order valence-electron chi connectivity index (χ1n) is 6.24. The van der Waals surface area contributed by atoms with Gasteiger partial charge in [0, 0.05) is 7.05 Å². The van der Waals surface area contributed by atoms with Gasteiger partial charge in [-0.05, 0) is 19.1 Å². The minimum Gasteiger partial charge on any atom is -0.478 e. The van der Waals surface area contributed by atoms with E-state index >= 15 is 0 Å². The van der Waals surface area contributed by atoms with E-state index in [1.807, 2.05) is 0 Å². The summed E-state index contributed by atoms with van der Waals surface area (Å²) in [4.78, 5) is 22.3. The van der Waals surface area contributed by atoms with E-state index in [1.165, 1.54) is 25.2 Å². The predicted octanol–water partition coefficient (Wildman–Crippen LogP) is 1.10. The number of esters is 1. The average Bonchev–Trinajstić information content (AvgIpc) is 2.44. The van der Waals surface area contributed by atoms with Crippen LogP contribution in [0.25, 0.3) is 0 Å². The largest absolute Gasteiger partial charge is 0.478 e. The van der Waals surface area contributed by atoms with Crippen molar-refractivity contribution in [1.29, 1.82) is 0 Å². The van der Waals surface area contributed by atoms with Gasteiger partial charge in [0.05, 0.1) is 30.0 Å². The minimum atomic E-state index is -3.81. The molecule has 0 radical (unpaired) electrons. The smallest absolute Gasteiger partial charge is 0.337 e. The molecule has 0 aliphatic rings. The van der Waals surface area contributed by atoms with Crippen LogP contribution in [0.3, 0.4) is 0 Å². The number of aromatic carboxylic acids is 1. The topological polar surface area (TPSA) is 101 Å². The molecule has 0 saturated carbocycles. The van der Waals surface area contributed by atoms with Gasteiger partial charge in [0.15, 0.2) is 0 Å². The SMILES string of the molecule is CCOC(=O)CCS(=O)(=O)N(C)c1ccccc1C(=O)O. The molecule has 1 aromatic rings. The van der Waals surface area contributed by atoms with E-state index in [1.54, 1.807) is 13.0 Å². The summed E-state index contributed by atoms with van der Waals surface area (Å²) in [6, 6.07) is 5.76. The van der Waals surface area contributed by atoms with E-state index in [9.17, 15) is 18.0 Å². The number of hydrogen-bond donors (Lipinski definition) is 1. The standard InChI is InChI=1S/C13H17NO6S/c1-3-20-12(15)8-9-21(18,19)14(2)11-7-5-4-6-10(11)13(16)17/h4-7H,3,8-9H2,1-2H3,(H,16,17). The zero-order chi connectivity index (χ0) is 16.0. The normalized spacial score (nSPS) is 11.0. The third-order valence-electron chi connectivity index (χ3n) is 2.76. The van der Waals surface area contributed by atoms with Gasteiger partial charge in [0.2, 0.25) is 10.0 Å². The Morgan fingerprint density at radius 3 is 2.48 bits per heavy atom. The number of hydrogen-bond acceptors (Lipinski definition) is 5. The van der Waals surface area contributed by atoms with Crippen molar-refractivity contribution in [1.82, 2.24) is 0 Å². The molecule has 0 unspecified atom stereocenters. The van der Waals surface area contributed by atoms with Crippen LogP contribution in [0.1, 0.15) is 23.7 Å². The van der Waals surface area contributed by atoms with Gasteiger partial charge in [-0.25, -0.2) is 13.2 Å². The van der Waals surface area contributed by atoms with Crippen molar-refractivity contribution in [2.24, 2.45) is 0 Å². The second-order valence-corrected chi connectivity index (χ2v) is 6.28. The molecule has 0 aliphatic heterocycles. The Morgan fingerprint density at radius 1 is 1.29 bits per heavy atom. The van der Waals surface area contributed by atoms with Gasteiger partial charge in [-0.1, -0.05) is 12.1 Å². The molecule has 116 valence electrons. The summed E-state index contributed by atoms with van der Waals surface area (Å²) < 4.78 is 29.8. The van der Waals surface area contributed by atoms with Gasteiger partial charge in [-0.2, -0.15) is 0 Å². The maximum Gasteiger partial charge on any atom is 0.337 e. The van der Waals surface area contributed by atoms with E-state index in [0.29, 0.717) is 0 Å². The summed E-state index contributed by atoms with van der Waals surface area (Å²) in [6.07, 6.45) is -0.282. The maximum atomic E-state index is 12.1. The molecule has 8 heteroatoms. The number of nitrogens with zero attached hydrogens (tertiary/aromatic N) is 1. The molecule has 0 saturated heterocycles.